The average Bonchev–Trinajstić information content (AvgIpc) is 3.05. The topological polar surface area (TPSA) is 56.9 Å². The Hall–Kier alpha value is -1.21. The molecule has 2 heterocycles. The Labute approximate surface area is 137 Å². The maximum absolute atomic E-state index is 4.89. The lowest BCUT2D eigenvalue weighted by atomic mass is 10.3. The van der Waals surface area contributed by atoms with Crippen LogP contribution in [-0.2, 0) is 6.54 Å². The standard InChI is InChI=1S/C15H27N5OS/c1-4-16-15(17-11-13(2)22-3)20-8-6-19(7-9-20)12-14-5-10-21-18-14/h5,10,13H,4,6-9,11-12H2,1-3H3,(H,16,17). The molecule has 22 heavy (non-hydrogen) atoms. The number of guanidine groups is 1. The first-order chi connectivity index (χ1) is 10.7. The monoisotopic (exact) mass is 325 g/mol. The Kier molecular flexibility index (Phi) is 7.05. The second kappa shape index (κ2) is 9.05. The second-order valence-electron chi connectivity index (χ2n) is 5.49. The van der Waals surface area contributed by atoms with E-state index in [2.05, 4.69) is 40.4 Å². The highest BCUT2D eigenvalue weighted by Crippen LogP contribution is 2.09. The van der Waals surface area contributed by atoms with Crippen molar-refractivity contribution in [3.8, 4) is 0 Å². The minimum Gasteiger partial charge on any atom is -0.364 e. The lowest BCUT2D eigenvalue weighted by Crippen LogP contribution is -2.52. The zero-order valence-corrected chi connectivity index (χ0v) is 14.6. The molecule has 1 unspecified atom stereocenters. The van der Waals surface area contributed by atoms with Crippen LogP contribution in [0.4, 0.5) is 0 Å². The van der Waals surface area contributed by atoms with Crippen molar-refractivity contribution >= 4 is 17.7 Å². The minimum absolute atomic E-state index is 0.558. The molecule has 1 atom stereocenters. The first kappa shape index (κ1) is 17.1. The van der Waals surface area contributed by atoms with Crippen LogP contribution in [-0.4, -0.2) is 71.7 Å². The SMILES string of the molecule is CCNC(=NCC(C)SC)N1CCN(Cc2ccon2)CC1. The zero-order chi connectivity index (χ0) is 15.8. The van der Waals surface area contributed by atoms with Gasteiger partial charge in [0.1, 0.15) is 6.26 Å². The fraction of sp³-hybridized carbons (Fsp3) is 0.733. The zero-order valence-electron chi connectivity index (χ0n) is 13.8. The number of hydrogen-bond donors (Lipinski definition) is 1. The average molecular weight is 325 g/mol. The molecule has 1 aliphatic heterocycles. The van der Waals surface area contributed by atoms with E-state index in [0.29, 0.717) is 5.25 Å². The molecule has 0 spiro atoms. The molecule has 0 radical (unpaired) electrons. The Morgan fingerprint density at radius 3 is 2.82 bits per heavy atom. The summed E-state index contributed by atoms with van der Waals surface area (Å²) in [4.78, 5) is 9.54. The highest BCUT2D eigenvalue weighted by molar-refractivity contribution is 7.99. The number of hydrogen-bond acceptors (Lipinski definition) is 5. The molecule has 2 rings (SSSR count). The summed E-state index contributed by atoms with van der Waals surface area (Å²) in [5, 5.41) is 7.95. The molecule has 0 aliphatic carbocycles. The van der Waals surface area contributed by atoms with E-state index >= 15 is 0 Å². The van der Waals surface area contributed by atoms with Crippen LogP contribution in [0.25, 0.3) is 0 Å². The van der Waals surface area contributed by atoms with Gasteiger partial charge in [0.25, 0.3) is 0 Å². The summed E-state index contributed by atoms with van der Waals surface area (Å²) < 4.78 is 4.89. The summed E-state index contributed by atoms with van der Waals surface area (Å²) in [7, 11) is 0. The van der Waals surface area contributed by atoms with Gasteiger partial charge in [0.05, 0.1) is 12.2 Å². The molecular weight excluding hydrogens is 298 g/mol. The largest absolute Gasteiger partial charge is 0.364 e. The molecule has 1 aromatic rings. The van der Waals surface area contributed by atoms with E-state index in [-0.39, 0.29) is 0 Å². The number of rotatable bonds is 6. The molecule has 0 bridgehead atoms. The fourth-order valence-corrected chi connectivity index (χ4v) is 2.60. The van der Waals surface area contributed by atoms with Gasteiger partial charge in [-0.15, -0.1) is 0 Å². The summed E-state index contributed by atoms with van der Waals surface area (Å²) in [6.45, 7) is 11.0. The number of aromatic nitrogens is 1. The van der Waals surface area contributed by atoms with Crippen LogP contribution in [0.5, 0.6) is 0 Å². The smallest absolute Gasteiger partial charge is 0.194 e. The van der Waals surface area contributed by atoms with Crippen LogP contribution in [0.1, 0.15) is 19.5 Å². The summed E-state index contributed by atoms with van der Waals surface area (Å²) in [6, 6.07) is 1.93. The molecule has 0 aromatic carbocycles. The third kappa shape index (κ3) is 5.21. The molecule has 0 amide bonds. The Balaban J connectivity index is 1.84. The van der Waals surface area contributed by atoms with Crippen LogP contribution >= 0.6 is 11.8 Å². The first-order valence-electron chi connectivity index (χ1n) is 7.90. The van der Waals surface area contributed by atoms with E-state index in [4.69, 9.17) is 9.52 Å². The highest BCUT2D eigenvalue weighted by Gasteiger charge is 2.20. The molecule has 1 aromatic heterocycles. The highest BCUT2D eigenvalue weighted by atomic mass is 32.2. The van der Waals surface area contributed by atoms with Crippen LogP contribution < -0.4 is 5.32 Å². The van der Waals surface area contributed by atoms with Crippen LogP contribution in [0, 0.1) is 0 Å². The maximum Gasteiger partial charge on any atom is 0.194 e. The van der Waals surface area contributed by atoms with E-state index < -0.39 is 0 Å². The van der Waals surface area contributed by atoms with Gasteiger partial charge in [0.15, 0.2) is 5.96 Å². The van der Waals surface area contributed by atoms with E-state index in [1.54, 1.807) is 6.26 Å². The predicted octanol–water partition coefficient (Wildman–Crippen LogP) is 1.51. The van der Waals surface area contributed by atoms with Gasteiger partial charge in [0, 0.05) is 50.6 Å². The van der Waals surface area contributed by atoms with Crippen molar-refractivity contribution in [3.05, 3.63) is 18.0 Å². The van der Waals surface area contributed by atoms with Crippen molar-refractivity contribution in [2.24, 2.45) is 4.99 Å². The number of thioether (sulfide) groups is 1. The van der Waals surface area contributed by atoms with Gasteiger partial charge in [-0.3, -0.25) is 9.89 Å². The quantitative estimate of drug-likeness (QED) is 0.632. The van der Waals surface area contributed by atoms with E-state index in [1.165, 1.54) is 0 Å². The third-order valence-corrected chi connectivity index (χ3v) is 4.74. The van der Waals surface area contributed by atoms with E-state index in [0.717, 1.165) is 57.5 Å². The Bertz CT molecular complexity index is 443. The third-order valence-electron chi connectivity index (χ3n) is 3.78. The number of nitrogens with one attached hydrogen (secondary N) is 1. The van der Waals surface area contributed by atoms with E-state index in [9.17, 15) is 0 Å². The number of aliphatic imine (C=N–C) groups is 1. The lowest BCUT2D eigenvalue weighted by Gasteiger charge is -2.36. The first-order valence-corrected chi connectivity index (χ1v) is 9.19. The van der Waals surface area contributed by atoms with Gasteiger partial charge in [-0.25, -0.2) is 0 Å². The van der Waals surface area contributed by atoms with Crippen LogP contribution in [0.15, 0.2) is 21.8 Å². The van der Waals surface area contributed by atoms with Crippen molar-refractivity contribution in [3.63, 3.8) is 0 Å². The van der Waals surface area contributed by atoms with Gasteiger partial charge in [0.2, 0.25) is 0 Å². The molecule has 6 nitrogen and oxygen atoms in total. The van der Waals surface area contributed by atoms with Gasteiger partial charge in [-0.1, -0.05) is 12.1 Å². The molecule has 1 N–H and O–H groups in total. The van der Waals surface area contributed by atoms with Crippen molar-refractivity contribution in [1.82, 2.24) is 20.3 Å². The second-order valence-corrected chi connectivity index (χ2v) is 6.77. The van der Waals surface area contributed by atoms with Crippen molar-refractivity contribution in [1.29, 1.82) is 0 Å². The lowest BCUT2D eigenvalue weighted by molar-refractivity contribution is 0.169. The van der Waals surface area contributed by atoms with Crippen molar-refractivity contribution in [2.75, 3.05) is 45.5 Å². The molecule has 124 valence electrons. The number of piperazine rings is 1. The van der Waals surface area contributed by atoms with Gasteiger partial charge < -0.3 is 14.7 Å². The Morgan fingerprint density at radius 2 is 2.23 bits per heavy atom. The number of nitrogens with zero attached hydrogens (tertiary/aromatic N) is 4. The van der Waals surface area contributed by atoms with Crippen molar-refractivity contribution < 1.29 is 4.52 Å². The predicted molar refractivity (Wildman–Crippen MR) is 92.3 cm³/mol. The molecule has 0 saturated carbocycles. The molecule has 1 aliphatic rings. The van der Waals surface area contributed by atoms with Gasteiger partial charge in [-0.2, -0.15) is 11.8 Å². The molecule has 1 saturated heterocycles. The van der Waals surface area contributed by atoms with Gasteiger partial charge in [-0.05, 0) is 13.2 Å². The summed E-state index contributed by atoms with van der Waals surface area (Å²) in [5.41, 5.74) is 1.00. The molecule has 1 fully saturated rings. The van der Waals surface area contributed by atoms with E-state index in [1.807, 2.05) is 17.8 Å². The molecule has 7 heteroatoms. The van der Waals surface area contributed by atoms with Crippen molar-refractivity contribution in [2.45, 2.75) is 25.6 Å². The maximum atomic E-state index is 4.89. The van der Waals surface area contributed by atoms with Crippen LogP contribution in [0.2, 0.25) is 0 Å². The van der Waals surface area contributed by atoms with Gasteiger partial charge >= 0.3 is 0 Å². The normalized spacial score (nSPS) is 18.5. The summed E-state index contributed by atoms with van der Waals surface area (Å²) in [6.07, 6.45) is 3.77. The minimum atomic E-state index is 0.558. The Morgan fingerprint density at radius 1 is 1.45 bits per heavy atom. The molecular formula is C15H27N5OS. The fourth-order valence-electron chi connectivity index (χ4n) is 2.38. The van der Waals surface area contributed by atoms with Crippen LogP contribution in [0.3, 0.4) is 0 Å². The summed E-state index contributed by atoms with van der Waals surface area (Å²) in [5.74, 6) is 1.05. The summed E-state index contributed by atoms with van der Waals surface area (Å²) >= 11 is 1.86.